The first-order valence-corrected chi connectivity index (χ1v) is 6.70. The zero-order chi connectivity index (χ0) is 12.3. The van der Waals surface area contributed by atoms with E-state index in [9.17, 15) is 4.79 Å². The number of Topliss-reactive ketones (excluding diaryl/α,β-unsaturated/α-hetero) is 1. The molecule has 0 aromatic carbocycles. The first kappa shape index (κ1) is 12.3. The molecule has 2 rings (SSSR count). The third-order valence-corrected chi connectivity index (χ3v) is 3.81. The highest BCUT2D eigenvalue weighted by atomic mass is 16.1. The first-order chi connectivity index (χ1) is 8.22. The Balaban J connectivity index is 2.18. The van der Waals surface area contributed by atoms with E-state index >= 15 is 0 Å². The number of rotatable bonds is 3. The lowest BCUT2D eigenvalue weighted by molar-refractivity contribution is 0.0862. The van der Waals surface area contributed by atoms with Gasteiger partial charge in [0.05, 0.1) is 0 Å². The second kappa shape index (κ2) is 5.44. The van der Waals surface area contributed by atoms with E-state index in [-0.39, 0.29) is 11.7 Å². The first-order valence-electron chi connectivity index (χ1n) is 6.70. The van der Waals surface area contributed by atoms with Crippen molar-refractivity contribution in [2.24, 2.45) is 11.8 Å². The van der Waals surface area contributed by atoms with E-state index in [0.29, 0.717) is 11.6 Å². The van der Waals surface area contributed by atoms with E-state index in [4.69, 9.17) is 0 Å². The summed E-state index contributed by atoms with van der Waals surface area (Å²) >= 11 is 0. The summed E-state index contributed by atoms with van der Waals surface area (Å²) in [6.07, 6.45) is 7.16. The molecule has 2 unspecified atom stereocenters. The Labute approximate surface area is 103 Å². The van der Waals surface area contributed by atoms with Crippen molar-refractivity contribution in [2.45, 2.75) is 46.0 Å². The van der Waals surface area contributed by atoms with Crippen molar-refractivity contribution in [3.63, 3.8) is 0 Å². The van der Waals surface area contributed by atoms with E-state index in [2.05, 4.69) is 18.8 Å². The highest BCUT2D eigenvalue weighted by Crippen LogP contribution is 2.31. The van der Waals surface area contributed by atoms with E-state index < -0.39 is 0 Å². The molecule has 1 heterocycles. The maximum absolute atomic E-state index is 12.5. The fourth-order valence-corrected chi connectivity index (χ4v) is 2.81. The number of ketones is 1. The number of carbonyl (C=O) groups excluding carboxylic acids is 1. The van der Waals surface area contributed by atoms with Gasteiger partial charge in [-0.25, -0.2) is 0 Å². The Morgan fingerprint density at radius 2 is 2.29 bits per heavy atom. The van der Waals surface area contributed by atoms with Crippen LogP contribution in [0.5, 0.6) is 0 Å². The molecule has 2 atom stereocenters. The van der Waals surface area contributed by atoms with Crippen molar-refractivity contribution in [1.29, 1.82) is 0 Å². The van der Waals surface area contributed by atoms with Crippen LogP contribution in [0.25, 0.3) is 0 Å². The average molecular weight is 231 g/mol. The summed E-state index contributed by atoms with van der Waals surface area (Å²) in [5, 5.41) is 0. The van der Waals surface area contributed by atoms with Gasteiger partial charge in [0.25, 0.3) is 0 Å². The molecule has 1 fully saturated rings. The van der Waals surface area contributed by atoms with Crippen molar-refractivity contribution < 1.29 is 4.79 Å². The lowest BCUT2D eigenvalue weighted by Gasteiger charge is -2.25. The third-order valence-electron chi connectivity index (χ3n) is 3.81. The van der Waals surface area contributed by atoms with Crippen LogP contribution in [0.3, 0.4) is 0 Å². The van der Waals surface area contributed by atoms with Crippen LogP contribution < -0.4 is 0 Å². The maximum atomic E-state index is 12.5. The fraction of sp³-hybridized carbons (Fsp3) is 0.600. The summed E-state index contributed by atoms with van der Waals surface area (Å²) in [5.41, 5.74) is 1.81. The Bertz CT molecular complexity index is 400. The Morgan fingerprint density at radius 1 is 1.47 bits per heavy atom. The van der Waals surface area contributed by atoms with E-state index in [1.54, 1.807) is 6.20 Å². The topological polar surface area (TPSA) is 30.0 Å². The van der Waals surface area contributed by atoms with E-state index in [1.807, 2.05) is 12.1 Å². The highest BCUT2D eigenvalue weighted by molar-refractivity contribution is 5.97. The van der Waals surface area contributed by atoms with Gasteiger partial charge in [0.15, 0.2) is 5.78 Å². The minimum absolute atomic E-state index is 0.207. The van der Waals surface area contributed by atoms with Crippen LogP contribution in [-0.4, -0.2) is 10.8 Å². The number of aryl methyl sites for hydroxylation is 1. The summed E-state index contributed by atoms with van der Waals surface area (Å²) in [5.74, 6) is 1.17. The zero-order valence-electron chi connectivity index (χ0n) is 10.8. The van der Waals surface area contributed by atoms with Crippen LogP contribution in [-0.2, 0) is 6.42 Å². The van der Waals surface area contributed by atoms with Crippen LogP contribution in [0.4, 0.5) is 0 Å². The average Bonchev–Trinajstić information content (AvgIpc) is 2.38. The van der Waals surface area contributed by atoms with E-state index in [1.165, 1.54) is 12.8 Å². The van der Waals surface area contributed by atoms with Crippen molar-refractivity contribution >= 4 is 5.78 Å². The van der Waals surface area contributed by atoms with Gasteiger partial charge in [0, 0.05) is 12.1 Å². The summed E-state index contributed by atoms with van der Waals surface area (Å²) < 4.78 is 0. The molecule has 1 saturated carbocycles. The summed E-state index contributed by atoms with van der Waals surface area (Å²) in [6.45, 7) is 4.33. The molecule has 1 aliphatic rings. The molecule has 0 spiro atoms. The van der Waals surface area contributed by atoms with Crippen LogP contribution in [0.15, 0.2) is 18.3 Å². The zero-order valence-corrected chi connectivity index (χ0v) is 10.8. The monoisotopic (exact) mass is 231 g/mol. The van der Waals surface area contributed by atoms with Gasteiger partial charge < -0.3 is 0 Å². The number of hydrogen-bond acceptors (Lipinski definition) is 2. The molecule has 0 radical (unpaired) electrons. The minimum Gasteiger partial charge on any atom is -0.292 e. The largest absolute Gasteiger partial charge is 0.292 e. The van der Waals surface area contributed by atoms with Gasteiger partial charge >= 0.3 is 0 Å². The Hall–Kier alpha value is -1.18. The Morgan fingerprint density at radius 3 is 3.00 bits per heavy atom. The van der Waals surface area contributed by atoms with Gasteiger partial charge in [-0.3, -0.25) is 9.78 Å². The van der Waals surface area contributed by atoms with Gasteiger partial charge in [-0.1, -0.05) is 32.8 Å². The smallest absolute Gasteiger partial charge is 0.184 e. The molecule has 1 aliphatic carbocycles. The third kappa shape index (κ3) is 2.74. The molecule has 0 N–H and O–H groups in total. The number of aromatic nitrogens is 1. The molecule has 0 saturated heterocycles. The quantitative estimate of drug-likeness (QED) is 0.743. The molecule has 17 heavy (non-hydrogen) atoms. The standard InChI is InChI=1S/C15H21NO/c1-3-12-8-5-9-16-14(12)15(17)13-7-4-6-11(2)10-13/h5,8-9,11,13H,3-4,6-7,10H2,1-2H3. The number of carbonyl (C=O) groups is 1. The summed E-state index contributed by atoms with van der Waals surface area (Å²) in [7, 11) is 0. The lowest BCUT2D eigenvalue weighted by Crippen LogP contribution is -2.23. The van der Waals surface area contributed by atoms with Gasteiger partial charge in [-0.15, -0.1) is 0 Å². The van der Waals surface area contributed by atoms with Crippen LogP contribution >= 0.6 is 0 Å². The molecule has 1 aromatic rings. The summed E-state index contributed by atoms with van der Waals surface area (Å²) in [4.78, 5) is 16.8. The van der Waals surface area contributed by atoms with Gasteiger partial charge in [-0.05, 0) is 36.8 Å². The van der Waals surface area contributed by atoms with Crippen LogP contribution in [0.2, 0.25) is 0 Å². The second-order valence-electron chi connectivity index (χ2n) is 5.20. The SMILES string of the molecule is CCc1cccnc1C(=O)C1CCCC(C)C1. The predicted octanol–water partition coefficient (Wildman–Crippen LogP) is 3.65. The molecule has 1 aromatic heterocycles. The van der Waals surface area contributed by atoms with Crippen molar-refractivity contribution in [1.82, 2.24) is 4.98 Å². The van der Waals surface area contributed by atoms with Crippen molar-refractivity contribution in [3.8, 4) is 0 Å². The number of hydrogen-bond donors (Lipinski definition) is 0. The highest BCUT2D eigenvalue weighted by Gasteiger charge is 2.27. The lowest BCUT2D eigenvalue weighted by atomic mass is 9.79. The molecule has 92 valence electrons. The van der Waals surface area contributed by atoms with E-state index in [0.717, 1.165) is 24.8 Å². The molecule has 2 nitrogen and oxygen atoms in total. The molecular weight excluding hydrogens is 210 g/mol. The van der Waals surface area contributed by atoms with Gasteiger partial charge in [-0.2, -0.15) is 0 Å². The van der Waals surface area contributed by atoms with Crippen molar-refractivity contribution in [3.05, 3.63) is 29.6 Å². The molecule has 0 bridgehead atoms. The summed E-state index contributed by atoms with van der Waals surface area (Å²) in [6, 6.07) is 3.94. The molecular formula is C15H21NO. The van der Waals surface area contributed by atoms with Gasteiger partial charge in [0.1, 0.15) is 5.69 Å². The Kier molecular flexibility index (Phi) is 3.93. The minimum atomic E-state index is 0.207. The molecule has 0 aliphatic heterocycles. The number of nitrogens with zero attached hydrogens (tertiary/aromatic N) is 1. The predicted molar refractivity (Wildman–Crippen MR) is 69.1 cm³/mol. The second-order valence-corrected chi connectivity index (χ2v) is 5.20. The van der Waals surface area contributed by atoms with Gasteiger partial charge in [0.2, 0.25) is 0 Å². The fourth-order valence-electron chi connectivity index (χ4n) is 2.81. The molecule has 0 amide bonds. The number of pyridine rings is 1. The van der Waals surface area contributed by atoms with Crippen LogP contribution in [0.1, 0.15) is 55.6 Å². The van der Waals surface area contributed by atoms with Crippen LogP contribution in [0, 0.1) is 11.8 Å². The van der Waals surface area contributed by atoms with Crippen molar-refractivity contribution in [2.75, 3.05) is 0 Å². The normalized spacial score (nSPS) is 24.6. The molecule has 2 heteroatoms. The maximum Gasteiger partial charge on any atom is 0.184 e.